The van der Waals surface area contributed by atoms with Crippen molar-refractivity contribution in [2.24, 2.45) is 0 Å². The highest BCUT2D eigenvalue weighted by Crippen LogP contribution is 2.29. The first kappa shape index (κ1) is 17.7. The number of hydrogen-bond donors (Lipinski definition) is 0. The molecule has 1 heterocycles. The van der Waals surface area contributed by atoms with Crippen molar-refractivity contribution in [1.82, 2.24) is 4.98 Å². The molecule has 4 aromatic rings. The number of hydrogen-bond acceptors (Lipinski definition) is 4. The highest BCUT2D eigenvalue weighted by Gasteiger charge is 2.09. The average molecular weight is 380 g/mol. The zero-order valence-corrected chi connectivity index (χ0v) is 15.8. The molecule has 3 aromatic carbocycles. The molecule has 4 heteroatoms. The first-order valence-corrected chi connectivity index (χ1v) is 9.66. The molecule has 1 aromatic heterocycles. The summed E-state index contributed by atoms with van der Waals surface area (Å²) < 4.78 is 5.83. The van der Waals surface area contributed by atoms with E-state index in [1.165, 1.54) is 11.3 Å². The molecule has 0 aliphatic rings. The summed E-state index contributed by atoms with van der Waals surface area (Å²) in [6.07, 6.45) is 1.86. The van der Waals surface area contributed by atoms with Crippen molar-refractivity contribution in [2.75, 3.05) is 0 Å². The van der Waals surface area contributed by atoms with Gasteiger partial charge in [0.15, 0.2) is 0 Å². The quantitative estimate of drug-likeness (QED) is 0.363. The minimum atomic E-state index is 0.562. The molecule has 3 nitrogen and oxygen atoms in total. The standard InChI is InChI=1S/C24H16N2OS/c25-16-20(15-18-7-3-1-4-8-18)24-26-23(17-28-24)19-11-13-22(14-12-19)27-21-9-5-2-6-10-21/h1-15,17H. The zero-order chi connectivity index (χ0) is 19.2. The zero-order valence-electron chi connectivity index (χ0n) is 14.9. The van der Waals surface area contributed by atoms with E-state index in [-0.39, 0.29) is 0 Å². The molecule has 0 aliphatic carbocycles. The van der Waals surface area contributed by atoms with E-state index in [1.54, 1.807) is 0 Å². The number of nitrogens with zero attached hydrogens (tertiary/aromatic N) is 2. The molecule has 0 saturated carbocycles. The predicted octanol–water partition coefficient (Wildman–Crippen LogP) is 6.67. The van der Waals surface area contributed by atoms with Gasteiger partial charge < -0.3 is 4.74 Å². The summed E-state index contributed by atoms with van der Waals surface area (Å²) in [4.78, 5) is 4.65. The van der Waals surface area contributed by atoms with Crippen LogP contribution < -0.4 is 4.74 Å². The third-order valence-corrected chi connectivity index (χ3v) is 4.97. The molecule has 0 aliphatic heterocycles. The van der Waals surface area contributed by atoms with Gasteiger partial charge in [-0.2, -0.15) is 5.26 Å². The average Bonchev–Trinajstić information content (AvgIpc) is 3.24. The lowest BCUT2D eigenvalue weighted by Gasteiger charge is -2.05. The summed E-state index contributed by atoms with van der Waals surface area (Å²) >= 11 is 1.47. The Labute approximate surface area is 167 Å². The van der Waals surface area contributed by atoms with Crippen LogP contribution in [0.3, 0.4) is 0 Å². The van der Waals surface area contributed by atoms with Crippen LogP contribution in [0.4, 0.5) is 0 Å². The van der Waals surface area contributed by atoms with E-state index in [0.29, 0.717) is 10.6 Å². The Morgan fingerprint density at radius 1 is 0.857 bits per heavy atom. The lowest BCUT2D eigenvalue weighted by Crippen LogP contribution is -1.85. The number of thiazole rings is 1. The molecule has 0 amide bonds. The van der Waals surface area contributed by atoms with E-state index >= 15 is 0 Å². The third-order valence-electron chi connectivity index (χ3n) is 4.09. The number of allylic oxidation sites excluding steroid dienone is 1. The van der Waals surface area contributed by atoms with Crippen molar-refractivity contribution in [1.29, 1.82) is 5.26 Å². The lowest BCUT2D eigenvalue weighted by molar-refractivity contribution is 0.483. The van der Waals surface area contributed by atoms with Gasteiger partial charge in [0, 0.05) is 10.9 Å². The second kappa shape index (κ2) is 8.34. The van der Waals surface area contributed by atoms with Gasteiger partial charge in [0.2, 0.25) is 0 Å². The van der Waals surface area contributed by atoms with Crippen LogP contribution in [0.15, 0.2) is 90.3 Å². The highest BCUT2D eigenvalue weighted by molar-refractivity contribution is 7.11. The first-order valence-electron chi connectivity index (χ1n) is 8.78. The maximum atomic E-state index is 9.53. The van der Waals surface area contributed by atoms with Crippen molar-refractivity contribution >= 4 is 23.0 Å². The summed E-state index contributed by atoms with van der Waals surface area (Å²) in [7, 11) is 0. The number of aromatic nitrogens is 1. The van der Waals surface area contributed by atoms with Crippen molar-refractivity contribution in [3.8, 4) is 28.8 Å². The lowest BCUT2D eigenvalue weighted by atomic mass is 10.1. The molecule has 0 radical (unpaired) electrons. The van der Waals surface area contributed by atoms with Gasteiger partial charge in [-0.05, 0) is 48.0 Å². The van der Waals surface area contributed by atoms with Crippen molar-refractivity contribution in [3.63, 3.8) is 0 Å². The Morgan fingerprint density at radius 2 is 1.50 bits per heavy atom. The van der Waals surface area contributed by atoms with E-state index in [2.05, 4.69) is 11.1 Å². The van der Waals surface area contributed by atoms with Crippen molar-refractivity contribution < 1.29 is 4.74 Å². The Kier molecular flexibility index (Phi) is 5.28. The molecule has 0 fully saturated rings. The Morgan fingerprint density at radius 3 is 2.18 bits per heavy atom. The van der Waals surface area contributed by atoms with Gasteiger partial charge in [-0.15, -0.1) is 11.3 Å². The largest absolute Gasteiger partial charge is 0.457 e. The van der Waals surface area contributed by atoms with Crippen LogP contribution in [0.1, 0.15) is 10.6 Å². The molecule has 0 spiro atoms. The summed E-state index contributed by atoms with van der Waals surface area (Å²) in [5.74, 6) is 1.57. The number of nitriles is 1. The van der Waals surface area contributed by atoms with Gasteiger partial charge in [-0.25, -0.2) is 4.98 Å². The SMILES string of the molecule is N#CC(=Cc1ccccc1)c1nc(-c2ccc(Oc3ccccc3)cc2)cs1. The molecule has 0 atom stereocenters. The van der Waals surface area contributed by atoms with Crippen molar-refractivity contribution in [3.05, 3.63) is 101 Å². The second-order valence-electron chi connectivity index (χ2n) is 6.06. The van der Waals surface area contributed by atoms with Crippen LogP contribution in [0.5, 0.6) is 11.5 Å². The first-order chi connectivity index (χ1) is 13.8. The van der Waals surface area contributed by atoms with E-state index in [0.717, 1.165) is 28.3 Å². The normalized spacial score (nSPS) is 11.0. The Balaban J connectivity index is 1.54. The maximum Gasteiger partial charge on any atom is 0.134 e. The molecule has 28 heavy (non-hydrogen) atoms. The van der Waals surface area contributed by atoms with Crippen LogP contribution in [0, 0.1) is 11.3 Å². The maximum absolute atomic E-state index is 9.53. The van der Waals surface area contributed by atoms with E-state index in [9.17, 15) is 5.26 Å². The Bertz CT molecular complexity index is 1120. The predicted molar refractivity (Wildman–Crippen MR) is 114 cm³/mol. The summed E-state index contributed by atoms with van der Waals surface area (Å²) in [6, 6.07) is 29.5. The number of ether oxygens (including phenoxy) is 1. The Hall–Kier alpha value is -3.68. The van der Waals surface area contributed by atoms with Gasteiger partial charge in [-0.3, -0.25) is 0 Å². The second-order valence-corrected chi connectivity index (χ2v) is 6.92. The van der Waals surface area contributed by atoms with Crippen LogP contribution in [0.25, 0.3) is 22.9 Å². The minimum Gasteiger partial charge on any atom is -0.457 e. The summed E-state index contributed by atoms with van der Waals surface area (Å²) in [5.41, 5.74) is 3.38. The van der Waals surface area contributed by atoms with E-state index in [4.69, 9.17) is 4.74 Å². The van der Waals surface area contributed by atoms with Gasteiger partial charge in [-0.1, -0.05) is 48.5 Å². The van der Waals surface area contributed by atoms with E-state index in [1.807, 2.05) is 96.4 Å². The van der Waals surface area contributed by atoms with Gasteiger partial charge >= 0.3 is 0 Å². The summed E-state index contributed by atoms with van der Waals surface area (Å²) in [5, 5.41) is 12.2. The highest BCUT2D eigenvalue weighted by atomic mass is 32.1. The molecule has 0 unspecified atom stereocenters. The van der Waals surface area contributed by atoms with Crippen LogP contribution in [-0.2, 0) is 0 Å². The van der Waals surface area contributed by atoms with Crippen LogP contribution in [-0.4, -0.2) is 4.98 Å². The fourth-order valence-electron chi connectivity index (χ4n) is 2.71. The number of rotatable bonds is 5. The van der Waals surface area contributed by atoms with Gasteiger partial charge in [0.05, 0.1) is 11.3 Å². The molecule has 0 saturated heterocycles. The fourth-order valence-corrected chi connectivity index (χ4v) is 3.50. The fraction of sp³-hybridized carbons (Fsp3) is 0. The molecule has 134 valence electrons. The molecule has 0 N–H and O–H groups in total. The number of para-hydroxylation sites is 1. The monoisotopic (exact) mass is 380 g/mol. The van der Waals surface area contributed by atoms with E-state index < -0.39 is 0 Å². The molecule has 4 rings (SSSR count). The van der Waals surface area contributed by atoms with Crippen LogP contribution in [0.2, 0.25) is 0 Å². The van der Waals surface area contributed by atoms with Gasteiger partial charge in [0.25, 0.3) is 0 Å². The topological polar surface area (TPSA) is 45.9 Å². The van der Waals surface area contributed by atoms with Crippen LogP contribution >= 0.6 is 11.3 Å². The minimum absolute atomic E-state index is 0.562. The number of benzene rings is 3. The molecule has 0 bridgehead atoms. The molecular weight excluding hydrogens is 364 g/mol. The summed E-state index contributed by atoms with van der Waals surface area (Å²) in [6.45, 7) is 0. The van der Waals surface area contributed by atoms with Crippen molar-refractivity contribution in [2.45, 2.75) is 0 Å². The smallest absolute Gasteiger partial charge is 0.134 e. The van der Waals surface area contributed by atoms with Gasteiger partial charge in [0.1, 0.15) is 22.6 Å². The third kappa shape index (κ3) is 4.17. The molecular formula is C24H16N2OS.